The summed E-state index contributed by atoms with van der Waals surface area (Å²) in [6, 6.07) is 9.04. The zero-order chi connectivity index (χ0) is 30.1. The Morgan fingerprint density at radius 2 is 1.00 bits per heavy atom. The van der Waals surface area contributed by atoms with Crippen LogP contribution in [0.4, 0.5) is 26.3 Å². The highest BCUT2D eigenvalue weighted by Crippen LogP contribution is 2.61. The van der Waals surface area contributed by atoms with E-state index in [0.29, 0.717) is 30.3 Å². The van der Waals surface area contributed by atoms with Crippen LogP contribution in [0.3, 0.4) is 0 Å². The van der Waals surface area contributed by atoms with Crippen LogP contribution in [-0.4, -0.2) is 22.7 Å². The van der Waals surface area contributed by atoms with Crippen molar-refractivity contribution in [2.75, 3.05) is 0 Å². The third-order valence-electron chi connectivity index (χ3n) is 6.13. The molecule has 0 atom stereocenters. The summed E-state index contributed by atoms with van der Waals surface area (Å²) in [4.78, 5) is 8.99. The smallest absolute Gasteiger partial charge is 0.404 e. The van der Waals surface area contributed by atoms with Gasteiger partial charge in [0.25, 0.3) is 0 Å². The number of halogens is 6. The maximum absolute atomic E-state index is 12.9. The van der Waals surface area contributed by atoms with Crippen LogP contribution in [-0.2, 0) is 0 Å². The van der Waals surface area contributed by atoms with E-state index in [0.717, 1.165) is 47.2 Å². The molecule has 4 aromatic heterocycles. The molecule has 8 nitrogen and oxygen atoms in total. The van der Waals surface area contributed by atoms with Gasteiger partial charge in [-0.05, 0) is 12.1 Å². The van der Waals surface area contributed by atoms with Crippen molar-refractivity contribution in [2.45, 2.75) is 12.7 Å². The van der Waals surface area contributed by atoms with Gasteiger partial charge in [0.2, 0.25) is 0 Å². The third kappa shape index (κ3) is 4.01. The average Bonchev–Trinajstić information content (AvgIpc) is 3.60. The molecule has 0 N–H and O–H groups in total. The Morgan fingerprint density at radius 1 is 0.643 bits per heavy atom. The first-order valence-corrected chi connectivity index (χ1v) is 12.7. The van der Waals surface area contributed by atoms with E-state index in [1.165, 1.54) is 0 Å². The first kappa shape index (κ1) is 26.8. The number of hydrogen-bond donors (Lipinski definition) is 0. The molecule has 0 unspecified atom stereocenters. The predicted octanol–water partition coefficient (Wildman–Crippen LogP) is 7.21. The van der Waals surface area contributed by atoms with Crippen LogP contribution in [0.2, 0.25) is 0 Å². The molecule has 6 rings (SSSR count). The second-order valence-corrected chi connectivity index (χ2v) is 10.5. The molecule has 0 saturated heterocycles. The first-order valence-electron chi connectivity index (χ1n) is 11.1. The SMILES string of the molecule is N#CC(C#N)=C1c2cc(OC(F)(F)F)cnc2-c2c1sc1c3c(sc21)C(=C(C#N)C#N)c1cc(OC(F)(F)F)cnc1-3. The van der Waals surface area contributed by atoms with Gasteiger partial charge in [-0.15, -0.1) is 49.0 Å². The number of pyridine rings is 2. The summed E-state index contributed by atoms with van der Waals surface area (Å²) in [5, 5.41) is 38.5. The summed E-state index contributed by atoms with van der Waals surface area (Å²) in [6.07, 6.45) is -8.36. The molecule has 0 fully saturated rings. The van der Waals surface area contributed by atoms with Crippen molar-refractivity contribution in [3.8, 4) is 58.3 Å². The maximum atomic E-state index is 12.9. The van der Waals surface area contributed by atoms with Gasteiger partial charge >= 0.3 is 12.7 Å². The van der Waals surface area contributed by atoms with E-state index in [4.69, 9.17) is 0 Å². The highest BCUT2D eigenvalue weighted by molar-refractivity contribution is 7.31. The van der Waals surface area contributed by atoms with Crippen LogP contribution < -0.4 is 9.47 Å². The van der Waals surface area contributed by atoms with Crippen LogP contribution in [0, 0.1) is 45.3 Å². The molecule has 204 valence electrons. The van der Waals surface area contributed by atoms with Gasteiger partial charge in [0.05, 0.1) is 33.2 Å². The first-order chi connectivity index (χ1) is 19.9. The summed E-state index contributed by atoms with van der Waals surface area (Å²) in [6.45, 7) is 0. The van der Waals surface area contributed by atoms with Gasteiger partial charge in [-0.25, -0.2) is 0 Å². The second-order valence-electron chi connectivity index (χ2n) is 8.45. The number of nitriles is 4. The number of ether oxygens (including phenoxy) is 2. The highest BCUT2D eigenvalue weighted by Gasteiger charge is 2.40. The van der Waals surface area contributed by atoms with E-state index in [1.807, 2.05) is 0 Å². The minimum atomic E-state index is -5.02. The Hall–Kier alpha value is -5.42. The van der Waals surface area contributed by atoms with Crippen molar-refractivity contribution in [1.82, 2.24) is 9.97 Å². The van der Waals surface area contributed by atoms with Crippen molar-refractivity contribution < 1.29 is 35.8 Å². The lowest BCUT2D eigenvalue weighted by molar-refractivity contribution is -0.275. The lowest BCUT2D eigenvalue weighted by Gasteiger charge is -2.10. The lowest BCUT2D eigenvalue weighted by atomic mass is 10.0. The summed E-state index contributed by atoms with van der Waals surface area (Å²) in [5.74, 6) is -1.33. The summed E-state index contributed by atoms with van der Waals surface area (Å²) < 4.78 is 86.3. The number of thiophene rings is 2. The number of allylic oxidation sites excluding steroid dienone is 2. The summed E-state index contributed by atoms with van der Waals surface area (Å²) in [7, 11) is 0. The van der Waals surface area contributed by atoms with Crippen molar-refractivity contribution >= 4 is 43.2 Å². The van der Waals surface area contributed by atoms with Crippen molar-refractivity contribution in [3.05, 3.63) is 56.6 Å². The van der Waals surface area contributed by atoms with Gasteiger partial charge in [0.1, 0.15) is 46.9 Å². The number of nitrogens with zero attached hydrogens (tertiary/aromatic N) is 6. The normalized spacial score (nSPS) is 12.8. The van der Waals surface area contributed by atoms with Crippen LogP contribution in [0.15, 0.2) is 35.7 Å². The predicted molar refractivity (Wildman–Crippen MR) is 134 cm³/mol. The number of rotatable bonds is 2. The summed E-state index contributed by atoms with van der Waals surface area (Å²) in [5.41, 5.74) is 0.536. The molecule has 0 aliphatic heterocycles. The van der Waals surface area contributed by atoms with Crippen molar-refractivity contribution in [3.63, 3.8) is 0 Å². The molecular formula is C26H4F6N6O2S2. The van der Waals surface area contributed by atoms with E-state index in [1.54, 1.807) is 24.3 Å². The third-order valence-corrected chi connectivity index (χ3v) is 8.71. The standard InChI is InChI=1S/C26H4F6N6O2S2/c27-25(28,29)39-11-1-13-15(9(3-33)4-34)21-17(19(13)37-7-11)23-24(41-21)18-20-14(2-12(8-38-20)40-26(30,31)32)16(22(18)42-23)10(5-35)6-36/h1-2,7-8H. The van der Waals surface area contributed by atoms with Crippen LogP contribution in [0.1, 0.15) is 20.9 Å². The molecule has 4 heterocycles. The molecule has 2 aliphatic rings. The topological polar surface area (TPSA) is 139 Å². The Balaban J connectivity index is 1.65. The van der Waals surface area contributed by atoms with Gasteiger partial charge in [-0.3, -0.25) is 9.97 Å². The minimum Gasteiger partial charge on any atom is -0.404 e. The zero-order valence-electron chi connectivity index (χ0n) is 19.9. The fourth-order valence-corrected chi connectivity index (χ4v) is 7.79. The number of alkyl halides is 6. The van der Waals surface area contributed by atoms with Crippen LogP contribution in [0.5, 0.6) is 11.5 Å². The Morgan fingerprint density at radius 3 is 1.31 bits per heavy atom. The Labute approximate surface area is 237 Å². The maximum Gasteiger partial charge on any atom is 0.573 e. The van der Waals surface area contributed by atoms with E-state index in [2.05, 4.69) is 19.4 Å². The number of fused-ring (bicyclic) bond motifs is 9. The Kier molecular flexibility index (Phi) is 5.77. The molecule has 0 bridgehead atoms. The van der Waals surface area contributed by atoms with Gasteiger partial charge in [0, 0.05) is 43.2 Å². The van der Waals surface area contributed by atoms with E-state index >= 15 is 0 Å². The van der Waals surface area contributed by atoms with E-state index in [9.17, 15) is 47.4 Å². The van der Waals surface area contributed by atoms with Gasteiger partial charge in [-0.2, -0.15) is 21.0 Å². The molecule has 0 spiro atoms. The second kappa shape index (κ2) is 9.05. The fraction of sp³-hybridized carbons (Fsp3) is 0.0769. The van der Waals surface area contributed by atoms with Crippen LogP contribution in [0.25, 0.3) is 43.1 Å². The summed E-state index contributed by atoms with van der Waals surface area (Å²) >= 11 is 2.11. The Bertz CT molecular complexity index is 1940. The number of aromatic nitrogens is 2. The molecule has 0 amide bonds. The lowest BCUT2D eigenvalue weighted by Crippen LogP contribution is -2.17. The molecule has 0 aromatic carbocycles. The monoisotopic (exact) mass is 610 g/mol. The molecule has 0 saturated carbocycles. The molecule has 2 aliphatic carbocycles. The van der Waals surface area contributed by atoms with Crippen molar-refractivity contribution in [2.24, 2.45) is 0 Å². The molecule has 16 heteroatoms. The van der Waals surface area contributed by atoms with E-state index in [-0.39, 0.29) is 33.7 Å². The molecular weight excluding hydrogens is 606 g/mol. The van der Waals surface area contributed by atoms with Gasteiger partial charge in [-0.1, -0.05) is 0 Å². The zero-order valence-corrected chi connectivity index (χ0v) is 21.5. The van der Waals surface area contributed by atoms with Gasteiger partial charge < -0.3 is 9.47 Å². The highest BCUT2D eigenvalue weighted by atomic mass is 32.1. The van der Waals surface area contributed by atoms with E-state index < -0.39 is 35.4 Å². The van der Waals surface area contributed by atoms with Gasteiger partial charge in [0.15, 0.2) is 0 Å². The average molecular weight is 610 g/mol. The number of hydrogen-bond acceptors (Lipinski definition) is 10. The molecule has 42 heavy (non-hydrogen) atoms. The largest absolute Gasteiger partial charge is 0.573 e. The fourth-order valence-electron chi connectivity index (χ4n) is 4.78. The molecule has 4 aromatic rings. The quantitative estimate of drug-likeness (QED) is 0.148. The van der Waals surface area contributed by atoms with Crippen molar-refractivity contribution in [1.29, 1.82) is 21.0 Å². The van der Waals surface area contributed by atoms with Crippen LogP contribution >= 0.6 is 22.7 Å². The minimum absolute atomic E-state index is 0.0397. The molecule has 0 radical (unpaired) electrons.